The van der Waals surface area contributed by atoms with Gasteiger partial charge in [0.15, 0.2) is 0 Å². The molecule has 0 atom stereocenters. The van der Waals surface area contributed by atoms with Crippen molar-refractivity contribution in [3.05, 3.63) is 40.1 Å². The summed E-state index contributed by atoms with van der Waals surface area (Å²) in [5.41, 5.74) is 0. The van der Waals surface area contributed by atoms with E-state index in [1.807, 2.05) is 17.5 Å². The predicted molar refractivity (Wildman–Crippen MR) is 62.8 cm³/mol. The van der Waals surface area contributed by atoms with E-state index in [1.54, 1.807) is 6.20 Å². The molecule has 0 amide bonds. The molecule has 80 valence electrons. The van der Waals surface area contributed by atoms with Crippen LogP contribution in [0, 0.1) is 0 Å². The fourth-order valence-electron chi connectivity index (χ4n) is 1.41. The lowest BCUT2D eigenvalue weighted by atomic mass is 10.3. The Morgan fingerprint density at radius 1 is 1.33 bits per heavy atom. The van der Waals surface area contributed by atoms with Crippen LogP contribution in [0.4, 0.5) is 0 Å². The second-order valence-electron chi connectivity index (χ2n) is 3.36. The Labute approximate surface area is 93.6 Å². The maximum absolute atomic E-state index is 4.15. The first kappa shape index (κ1) is 10.4. The molecular formula is C11H15N3S. The number of hydrogen-bond donors (Lipinski definition) is 2. The smallest absolute Gasteiger partial charge is 0.120 e. The van der Waals surface area contributed by atoms with Gasteiger partial charge in [-0.3, -0.25) is 0 Å². The van der Waals surface area contributed by atoms with Crippen LogP contribution in [0.3, 0.4) is 0 Å². The summed E-state index contributed by atoms with van der Waals surface area (Å²) in [7, 11) is 0. The number of aryl methyl sites for hydroxylation is 1. The van der Waals surface area contributed by atoms with E-state index in [-0.39, 0.29) is 0 Å². The van der Waals surface area contributed by atoms with Gasteiger partial charge in [-0.25, -0.2) is 4.98 Å². The number of hydrogen-bond acceptors (Lipinski definition) is 3. The highest BCUT2D eigenvalue weighted by atomic mass is 32.1. The molecule has 0 aliphatic carbocycles. The van der Waals surface area contributed by atoms with Crippen LogP contribution in [0.5, 0.6) is 0 Å². The molecule has 2 N–H and O–H groups in total. The topological polar surface area (TPSA) is 40.7 Å². The van der Waals surface area contributed by atoms with E-state index < -0.39 is 0 Å². The Morgan fingerprint density at radius 3 is 2.87 bits per heavy atom. The molecule has 4 heteroatoms. The summed E-state index contributed by atoms with van der Waals surface area (Å²) >= 11 is 1.88. The monoisotopic (exact) mass is 221 g/mol. The summed E-state index contributed by atoms with van der Waals surface area (Å²) in [6.45, 7) is 3.91. The van der Waals surface area contributed by atoms with Gasteiger partial charge in [0, 0.05) is 28.7 Å². The highest BCUT2D eigenvalue weighted by Crippen LogP contribution is 2.16. The van der Waals surface area contributed by atoms with Gasteiger partial charge in [-0.2, -0.15) is 0 Å². The quantitative estimate of drug-likeness (QED) is 0.813. The number of H-pyrrole nitrogens is 1. The van der Waals surface area contributed by atoms with Crippen molar-refractivity contribution < 1.29 is 0 Å². The molecule has 0 spiro atoms. The summed E-state index contributed by atoms with van der Waals surface area (Å²) in [6, 6.07) is 4.40. The van der Waals surface area contributed by atoms with Gasteiger partial charge >= 0.3 is 0 Å². The lowest BCUT2D eigenvalue weighted by Crippen LogP contribution is -2.12. The van der Waals surface area contributed by atoms with Crippen molar-refractivity contribution in [2.75, 3.05) is 0 Å². The molecule has 2 aromatic rings. The third kappa shape index (κ3) is 2.91. The van der Waals surface area contributed by atoms with Crippen molar-refractivity contribution in [2.24, 2.45) is 0 Å². The molecule has 0 saturated heterocycles. The second kappa shape index (κ2) is 5.09. The number of nitrogens with one attached hydrogen (secondary N) is 2. The van der Waals surface area contributed by atoms with E-state index in [0.29, 0.717) is 0 Å². The highest BCUT2D eigenvalue weighted by molar-refractivity contribution is 7.11. The summed E-state index contributed by atoms with van der Waals surface area (Å²) < 4.78 is 0. The first-order valence-corrected chi connectivity index (χ1v) is 5.96. The van der Waals surface area contributed by atoms with Gasteiger partial charge in [0.2, 0.25) is 0 Å². The highest BCUT2D eigenvalue weighted by Gasteiger charge is 1.98. The second-order valence-corrected chi connectivity index (χ2v) is 4.61. The lowest BCUT2D eigenvalue weighted by Gasteiger charge is -1.99. The molecule has 0 aliphatic rings. The van der Waals surface area contributed by atoms with Gasteiger partial charge < -0.3 is 10.3 Å². The average molecular weight is 221 g/mol. The zero-order valence-electron chi connectivity index (χ0n) is 8.79. The van der Waals surface area contributed by atoms with Crippen LogP contribution in [0.2, 0.25) is 0 Å². The molecule has 15 heavy (non-hydrogen) atoms. The minimum atomic E-state index is 0.798. The van der Waals surface area contributed by atoms with Crippen LogP contribution < -0.4 is 5.32 Å². The Morgan fingerprint density at radius 2 is 2.20 bits per heavy atom. The molecule has 0 aliphatic heterocycles. The van der Waals surface area contributed by atoms with Crippen LogP contribution in [0.1, 0.15) is 22.5 Å². The number of imidazole rings is 1. The number of rotatable bonds is 5. The van der Waals surface area contributed by atoms with Gasteiger partial charge in [-0.05, 0) is 18.6 Å². The molecule has 0 saturated carbocycles. The first-order chi connectivity index (χ1) is 7.38. The Bertz CT molecular complexity index is 392. The fraction of sp³-hybridized carbons (Fsp3) is 0.364. The SMILES string of the molecule is CCc1ccc(CNCc2ncc[nH]2)s1. The predicted octanol–water partition coefficient (Wildman–Crippen LogP) is 2.32. The van der Waals surface area contributed by atoms with Crippen molar-refractivity contribution in [3.8, 4) is 0 Å². The van der Waals surface area contributed by atoms with Crippen molar-refractivity contribution >= 4 is 11.3 Å². The van der Waals surface area contributed by atoms with Crippen molar-refractivity contribution in [3.63, 3.8) is 0 Å². The van der Waals surface area contributed by atoms with E-state index in [2.05, 4.69) is 34.3 Å². The van der Waals surface area contributed by atoms with E-state index in [0.717, 1.165) is 25.3 Å². The Kier molecular flexibility index (Phi) is 3.53. The zero-order valence-corrected chi connectivity index (χ0v) is 9.60. The van der Waals surface area contributed by atoms with E-state index in [1.165, 1.54) is 9.75 Å². The molecule has 0 fully saturated rings. The van der Waals surface area contributed by atoms with Gasteiger partial charge in [-0.15, -0.1) is 11.3 Å². The van der Waals surface area contributed by atoms with Crippen LogP contribution in [-0.4, -0.2) is 9.97 Å². The van der Waals surface area contributed by atoms with Crippen molar-refractivity contribution in [2.45, 2.75) is 26.4 Å². The van der Waals surface area contributed by atoms with Crippen molar-refractivity contribution in [1.29, 1.82) is 0 Å². The first-order valence-electron chi connectivity index (χ1n) is 5.15. The summed E-state index contributed by atoms with van der Waals surface area (Å²) in [5, 5.41) is 3.36. The summed E-state index contributed by atoms with van der Waals surface area (Å²) in [5.74, 6) is 0.988. The number of aromatic nitrogens is 2. The molecule has 0 bridgehead atoms. The van der Waals surface area contributed by atoms with Crippen LogP contribution >= 0.6 is 11.3 Å². The minimum absolute atomic E-state index is 0.798. The number of nitrogens with zero attached hydrogens (tertiary/aromatic N) is 1. The van der Waals surface area contributed by atoms with Gasteiger partial charge in [-0.1, -0.05) is 6.92 Å². The van der Waals surface area contributed by atoms with Crippen LogP contribution in [0.25, 0.3) is 0 Å². The number of aromatic amines is 1. The van der Waals surface area contributed by atoms with Gasteiger partial charge in [0.25, 0.3) is 0 Å². The van der Waals surface area contributed by atoms with Crippen molar-refractivity contribution in [1.82, 2.24) is 15.3 Å². The largest absolute Gasteiger partial charge is 0.348 e. The standard InChI is InChI=1S/C11H15N3S/c1-2-9-3-4-10(15-9)7-12-8-11-13-5-6-14-11/h3-6,12H,2,7-8H2,1H3,(H,13,14). The maximum atomic E-state index is 4.15. The zero-order chi connectivity index (χ0) is 10.5. The molecular weight excluding hydrogens is 206 g/mol. The van der Waals surface area contributed by atoms with Crippen LogP contribution in [-0.2, 0) is 19.5 Å². The van der Waals surface area contributed by atoms with Crippen LogP contribution in [0.15, 0.2) is 24.5 Å². The number of thiophene rings is 1. The third-order valence-electron chi connectivity index (χ3n) is 2.21. The Balaban J connectivity index is 1.78. The summed E-state index contributed by atoms with van der Waals surface area (Å²) in [4.78, 5) is 10.1. The van der Waals surface area contributed by atoms with E-state index >= 15 is 0 Å². The normalized spacial score (nSPS) is 10.7. The molecule has 0 aromatic carbocycles. The minimum Gasteiger partial charge on any atom is -0.348 e. The average Bonchev–Trinajstić information content (AvgIpc) is 2.88. The lowest BCUT2D eigenvalue weighted by molar-refractivity contribution is 0.675. The van der Waals surface area contributed by atoms with Gasteiger partial charge in [0.05, 0.1) is 6.54 Å². The molecule has 2 aromatic heterocycles. The van der Waals surface area contributed by atoms with E-state index in [9.17, 15) is 0 Å². The third-order valence-corrected chi connectivity index (χ3v) is 3.44. The molecule has 3 nitrogen and oxygen atoms in total. The van der Waals surface area contributed by atoms with E-state index in [4.69, 9.17) is 0 Å². The Hall–Kier alpha value is -1.13. The molecule has 0 unspecified atom stereocenters. The fourth-order valence-corrected chi connectivity index (χ4v) is 2.33. The molecule has 0 radical (unpaired) electrons. The van der Waals surface area contributed by atoms with Gasteiger partial charge in [0.1, 0.15) is 5.82 Å². The molecule has 2 heterocycles. The maximum Gasteiger partial charge on any atom is 0.120 e. The molecule has 2 rings (SSSR count). The summed E-state index contributed by atoms with van der Waals surface area (Å²) in [6.07, 6.45) is 4.75.